The predicted octanol–water partition coefficient (Wildman–Crippen LogP) is 2.76. The second kappa shape index (κ2) is 4.31. The van der Waals surface area contributed by atoms with Crippen LogP contribution in [0, 0.1) is 5.92 Å². The molecule has 18 heavy (non-hydrogen) atoms. The van der Waals surface area contributed by atoms with Crippen molar-refractivity contribution >= 4 is 16.3 Å². The van der Waals surface area contributed by atoms with E-state index in [-0.39, 0.29) is 0 Å². The van der Waals surface area contributed by atoms with Gasteiger partial charge in [0.2, 0.25) is 4.96 Å². The standard InChI is InChI=1S/C13H20N4S/c1-7(2)10-11-9(5-6-14-10)17-13(18-11)15-12(16-17)8(3)4/h7-8,10,14H,5-6H2,1-4H3. The van der Waals surface area contributed by atoms with E-state index in [2.05, 4.69) is 47.6 Å². The Labute approximate surface area is 111 Å². The first kappa shape index (κ1) is 12.1. The molecule has 0 aromatic carbocycles. The zero-order chi connectivity index (χ0) is 12.9. The zero-order valence-corrected chi connectivity index (χ0v) is 12.2. The van der Waals surface area contributed by atoms with Crippen molar-refractivity contribution < 1.29 is 0 Å². The van der Waals surface area contributed by atoms with E-state index in [1.165, 1.54) is 10.6 Å². The molecule has 4 nitrogen and oxygen atoms in total. The summed E-state index contributed by atoms with van der Waals surface area (Å²) >= 11 is 1.80. The van der Waals surface area contributed by atoms with Gasteiger partial charge in [-0.15, -0.1) is 0 Å². The lowest BCUT2D eigenvalue weighted by molar-refractivity contribution is 0.397. The zero-order valence-electron chi connectivity index (χ0n) is 11.4. The lowest BCUT2D eigenvalue weighted by atomic mass is 9.97. The van der Waals surface area contributed by atoms with Gasteiger partial charge < -0.3 is 5.32 Å². The Morgan fingerprint density at radius 1 is 1.33 bits per heavy atom. The smallest absolute Gasteiger partial charge is 0.212 e. The van der Waals surface area contributed by atoms with Crippen LogP contribution in [-0.4, -0.2) is 21.1 Å². The first-order valence-electron chi connectivity index (χ1n) is 6.69. The summed E-state index contributed by atoms with van der Waals surface area (Å²) in [5.74, 6) is 1.97. The molecule has 1 aliphatic heterocycles. The van der Waals surface area contributed by atoms with Gasteiger partial charge in [0.05, 0.1) is 5.69 Å². The highest BCUT2D eigenvalue weighted by Gasteiger charge is 2.28. The van der Waals surface area contributed by atoms with E-state index in [1.54, 1.807) is 11.3 Å². The number of aromatic nitrogens is 3. The van der Waals surface area contributed by atoms with Gasteiger partial charge >= 0.3 is 0 Å². The molecule has 1 N–H and O–H groups in total. The Morgan fingerprint density at radius 3 is 2.78 bits per heavy atom. The van der Waals surface area contributed by atoms with Gasteiger partial charge in [-0.25, -0.2) is 9.50 Å². The Hall–Kier alpha value is -0.940. The average molecular weight is 264 g/mol. The molecule has 3 rings (SSSR count). The van der Waals surface area contributed by atoms with Gasteiger partial charge in [0.15, 0.2) is 5.82 Å². The Morgan fingerprint density at radius 2 is 2.11 bits per heavy atom. The van der Waals surface area contributed by atoms with E-state index < -0.39 is 0 Å². The SMILES string of the molecule is CC(C)c1nc2sc3c(n2n1)CCNC3C(C)C. The first-order valence-corrected chi connectivity index (χ1v) is 7.51. The quantitative estimate of drug-likeness (QED) is 0.907. The van der Waals surface area contributed by atoms with Crippen molar-refractivity contribution in [3.8, 4) is 0 Å². The molecule has 0 amide bonds. The van der Waals surface area contributed by atoms with E-state index in [4.69, 9.17) is 0 Å². The van der Waals surface area contributed by atoms with E-state index in [1.807, 2.05) is 0 Å². The molecular formula is C13H20N4S. The lowest BCUT2D eigenvalue weighted by Gasteiger charge is -2.26. The van der Waals surface area contributed by atoms with Crippen LogP contribution in [0.15, 0.2) is 0 Å². The predicted molar refractivity (Wildman–Crippen MR) is 74.2 cm³/mol. The maximum absolute atomic E-state index is 4.67. The summed E-state index contributed by atoms with van der Waals surface area (Å²) in [6, 6.07) is 0.463. The molecule has 0 spiro atoms. The third kappa shape index (κ3) is 1.77. The van der Waals surface area contributed by atoms with E-state index in [0.717, 1.165) is 23.8 Å². The fourth-order valence-corrected chi connectivity index (χ4v) is 3.87. The second-order valence-corrected chi connectivity index (χ2v) is 6.67. The molecule has 1 atom stereocenters. The van der Waals surface area contributed by atoms with Crippen molar-refractivity contribution in [3.05, 3.63) is 16.4 Å². The summed E-state index contributed by atoms with van der Waals surface area (Å²) in [5.41, 5.74) is 1.37. The number of thiazole rings is 1. The van der Waals surface area contributed by atoms with Gasteiger partial charge in [0, 0.05) is 29.8 Å². The maximum Gasteiger partial charge on any atom is 0.212 e. The van der Waals surface area contributed by atoms with Gasteiger partial charge in [-0.1, -0.05) is 39.0 Å². The van der Waals surface area contributed by atoms with Crippen LogP contribution in [0.5, 0.6) is 0 Å². The van der Waals surface area contributed by atoms with E-state index >= 15 is 0 Å². The minimum Gasteiger partial charge on any atom is -0.309 e. The normalized spacial score (nSPS) is 20.0. The number of fused-ring (bicyclic) bond motifs is 3. The van der Waals surface area contributed by atoms with Crippen LogP contribution in [0.1, 0.15) is 56.1 Å². The molecule has 98 valence electrons. The Bertz CT molecular complexity index is 567. The summed E-state index contributed by atoms with van der Waals surface area (Å²) in [4.78, 5) is 7.14. The molecular weight excluding hydrogens is 244 g/mol. The van der Waals surface area contributed by atoms with Crippen LogP contribution in [0.4, 0.5) is 0 Å². The van der Waals surface area contributed by atoms with Gasteiger partial charge in [-0.3, -0.25) is 0 Å². The molecule has 1 unspecified atom stereocenters. The van der Waals surface area contributed by atoms with Crippen molar-refractivity contribution in [2.24, 2.45) is 5.92 Å². The van der Waals surface area contributed by atoms with Crippen LogP contribution >= 0.6 is 11.3 Å². The van der Waals surface area contributed by atoms with Crippen molar-refractivity contribution in [1.29, 1.82) is 0 Å². The van der Waals surface area contributed by atoms with Crippen LogP contribution in [0.2, 0.25) is 0 Å². The number of rotatable bonds is 2. The largest absolute Gasteiger partial charge is 0.309 e. The number of nitrogens with one attached hydrogen (secondary N) is 1. The van der Waals surface area contributed by atoms with Gasteiger partial charge in [0.25, 0.3) is 0 Å². The molecule has 0 saturated heterocycles. The van der Waals surface area contributed by atoms with Crippen LogP contribution in [-0.2, 0) is 6.42 Å². The molecule has 0 aliphatic carbocycles. The molecule has 0 fully saturated rings. The number of hydrogen-bond donors (Lipinski definition) is 1. The molecule has 0 radical (unpaired) electrons. The van der Waals surface area contributed by atoms with Gasteiger partial charge in [-0.05, 0) is 5.92 Å². The summed E-state index contributed by atoms with van der Waals surface area (Å²) < 4.78 is 2.07. The van der Waals surface area contributed by atoms with Crippen LogP contribution in [0.25, 0.3) is 4.96 Å². The minimum atomic E-state index is 0.398. The molecule has 2 aromatic rings. The monoisotopic (exact) mass is 264 g/mol. The average Bonchev–Trinajstić information content (AvgIpc) is 2.84. The third-order valence-electron chi connectivity index (χ3n) is 3.53. The van der Waals surface area contributed by atoms with Crippen molar-refractivity contribution in [3.63, 3.8) is 0 Å². The van der Waals surface area contributed by atoms with Crippen molar-refractivity contribution in [2.75, 3.05) is 6.54 Å². The molecule has 3 heterocycles. The second-order valence-electron chi connectivity index (χ2n) is 5.66. The minimum absolute atomic E-state index is 0.398. The summed E-state index contributed by atoms with van der Waals surface area (Å²) in [6.45, 7) is 9.86. The lowest BCUT2D eigenvalue weighted by Crippen LogP contribution is -2.32. The molecule has 0 saturated carbocycles. The highest BCUT2D eigenvalue weighted by atomic mass is 32.1. The van der Waals surface area contributed by atoms with Crippen molar-refractivity contribution in [2.45, 2.75) is 46.1 Å². The van der Waals surface area contributed by atoms with Gasteiger partial charge in [-0.2, -0.15) is 5.10 Å². The fourth-order valence-electron chi connectivity index (χ4n) is 2.51. The summed E-state index contributed by atoms with van der Waals surface area (Å²) in [5, 5.41) is 8.27. The van der Waals surface area contributed by atoms with Crippen LogP contribution < -0.4 is 5.32 Å². The van der Waals surface area contributed by atoms with E-state index in [9.17, 15) is 0 Å². The third-order valence-corrected chi connectivity index (χ3v) is 4.68. The topological polar surface area (TPSA) is 42.2 Å². The Kier molecular flexibility index (Phi) is 2.90. The first-order chi connectivity index (χ1) is 8.58. The highest BCUT2D eigenvalue weighted by Crippen LogP contribution is 2.35. The maximum atomic E-state index is 4.67. The van der Waals surface area contributed by atoms with Gasteiger partial charge in [0.1, 0.15) is 0 Å². The number of hydrogen-bond acceptors (Lipinski definition) is 4. The molecule has 0 bridgehead atoms. The van der Waals surface area contributed by atoms with Crippen molar-refractivity contribution in [1.82, 2.24) is 19.9 Å². The summed E-state index contributed by atoms with van der Waals surface area (Å²) in [6.07, 6.45) is 1.06. The fraction of sp³-hybridized carbons (Fsp3) is 0.692. The number of nitrogens with zero attached hydrogens (tertiary/aromatic N) is 3. The molecule has 2 aromatic heterocycles. The van der Waals surface area contributed by atoms with Crippen LogP contribution in [0.3, 0.4) is 0 Å². The summed E-state index contributed by atoms with van der Waals surface area (Å²) in [7, 11) is 0. The van der Waals surface area contributed by atoms with E-state index in [0.29, 0.717) is 17.9 Å². The molecule has 1 aliphatic rings. The Balaban J connectivity index is 2.11. The highest BCUT2D eigenvalue weighted by molar-refractivity contribution is 7.17. The molecule has 5 heteroatoms.